The van der Waals surface area contributed by atoms with Crippen molar-refractivity contribution < 1.29 is 9.90 Å². The molecule has 1 aliphatic carbocycles. The zero-order valence-electron chi connectivity index (χ0n) is 17.5. The zero-order chi connectivity index (χ0) is 20.6. The molecule has 1 spiro atoms. The number of hydrogen-bond acceptors (Lipinski definition) is 4. The van der Waals surface area contributed by atoms with E-state index in [4.69, 9.17) is 0 Å². The normalized spacial score (nSPS) is 29.2. The predicted molar refractivity (Wildman–Crippen MR) is 118 cm³/mol. The third kappa shape index (κ3) is 3.12. The van der Waals surface area contributed by atoms with Gasteiger partial charge in [0.1, 0.15) is 11.1 Å². The standard InChI is InChI=1S/C25H31N3O2/c29-23-24(28(19-26-23)21-11-5-2-6-12-21)15-17-27(18-16-24)22-13-7-8-14-25(22,30)20-9-3-1-4-10-20/h1-6,9-12,22,30H,7-8,13-19H2,(H,26,29)/t22-,25+/m1/s1. The number of anilines is 1. The van der Waals surface area contributed by atoms with Crippen molar-refractivity contribution in [2.75, 3.05) is 24.7 Å². The smallest absolute Gasteiger partial charge is 0.247 e. The minimum absolute atomic E-state index is 0.112. The molecular weight excluding hydrogens is 374 g/mol. The number of carbonyl (C=O) groups excluding carboxylic acids is 1. The van der Waals surface area contributed by atoms with Gasteiger partial charge in [-0.25, -0.2) is 0 Å². The third-order valence-corrected chi connectivity index (χ3v) is 7.58. The number of nitrogens with one attached hydrogen (secondary N) is 1. The van der Waals surface area contributed by atoms with Crippen molar-refractivity contribution >= 4 is 11.6 Å². The van der Waals surface area contributed by atoms with E-state index in [0.29, 0.717) is 6.67 Å². The van der Waals surface area contributed by atoms with Gasteiger partial charge in [-0.2, -0.15) is 0 Å². The number of para-hydroxylation sites is 1. The molecule has 2 N–H and O–H groups in total. The molecule has 0 radical (unpaired) electrons. The molecule has 2 atom stereocenters. The number of rotatable bonds is 3. The molecule has 1 amide bonds. The maximum Gasteiger partial charge on any atom is 0.247 e. The van der Waals surface area contributed by atoms with E-state index in [1.165, 1.54) is 0 Å². The zero-order valence-corrected chi connectivity index (χ0v) is 17.5. The first-order valence-corrected chi connectivity index (χ1v) is 11.3. The van der Waals surface area contributed by atoms with Gasteiger partial charge in [-0.1, -0.05) is 61.4 Å². The molecular formula is C25H31N3O2. The largest absolute Gasteiger partial charge is 0.384 e. The molecule has 0 aromatic heterocycles. The summed E-state index contributed by atoms with van der Waals surface area (Å²) >= 11 is 0. The summed E-state index contributed by atoms with van der Waals surface area (Å²) in [5, 5.41) is 14.8. The first-order valence-electron chi connectivity index (χ1n) is 11.3. The fourth-order valence-electron chi connectivity index (χ4n) is 5.92. The van der Waals surface area contributed by atoms with Crippen LogP contribution >= 0.6 is 0 Å². The molecule has 5 nitrogen and oxygen atoms in total. The minimum atomic E-state index is -0.804. The van der Waals surface area contributed by atoms with E-state index in [-0.39, 0.29) is 11.9 Å². The summed E-state index contributed by atoms with van der Waals surface area (Å²) < 4.78 is 0. The van der Waals surface area contributed by atoms with Gasteiger partial charge >= 0.3 is 0 Å². The number of aliphatic hydroxyl groups is 1. The maximum absolute atomic E-state index is 12.9. The lowest BCUT2D eigenvalue weighted by Gasteiger charge is -2.51. The molecule has 0 unspecified atom stereocenters. The summed E-state index contributed by atoms with van der Waals surface area (Å²) in [6.45, 7) is 2.23. The molecule has 0 bridgehead atoms. The van der Waals surface area contributed by atoms with E-state index in [2.05, 4.69) is 39.4 Å². The molecule has 2 aromatic rings. The summed E-state index contributed by atoms with van der Waals surface area (Å²) in [5.74, 6) is 0.146. The summed E-state index contributed by atoms with van der Waals surface area (Å²) in [6, 6.07) is 20.5. The summed E-state index contributed by atoms with van der Waals surface area (Å²) in [4.78, 5) is 17.6. The highest BCUT2D eigenvalue weighted by molar-refractivity contribution is 5.93. The SMILES string of the molecule is O=C1NCN(c2ccccc2)C12CCN([C@@H]1CCCC[C@]1(O)c1ccccc1)CC2. The van der Waals surface area contributed by atoms with Gasteiger partial charge in [-0.15, -0.1) is 0 Å². The van der Waals surface area contributed by atoms with Crippen molar-refractivity contribution in [1.29, 1.82) is 0 Å². The lowest BCUT2D eigenvalue weighted by Crippen LogP contribution is -2.61. The third-order valence-electron chi connectivity index (χ3n) is 7.58. The minimum Gasteiger partial charge on any atom is -0.384 e. The highest BCUT2D eigenvalue weighted by atomic mass is 16.3. The molecule has 2 aromatic carbocycles. The number of benzene rings is 2. The Balaban J connectivity index is 1.38. The van der Waals surface area contributed by atoms with Gasteiger partial charge in [0.05, 0.1) is 6.67 Å². The lowest BCUT2D eigenvalue weighted by atomic mass is 9.73. The van der Waals surface area contributed by atoms with Crippen molar-refractivity contribution in [3.8, 4) is 0 Å². The van der Waals surface area contributed by atoms with E-state index in [1.807, 2.05) is 36.4 Å². The Morgan fingerprint density at radius 3 is 2.27 bits per heavy atom. The average molecular weight is 406 g/mol. The van der Waals surface area contributed by atoms with Gasteiger partial charge in [-0.3, -0.25) is 9.69 Å². The van der Waals surface area contributed by atoms with Gasteiger partial charge in [0.25, 0.3) is 0 Å². The molecule has 30 heavy (non-hydrogen) atoms. The highest BCUT2D eigenvalue weighted by Gasteiger charge is 2.52. The molecule has 5 heteroatoms. The Labute approximate surface area is 178 Å². The van der Waals surface area contributed by atoms with E-state index in [1.54, 1.807) is 0 Å². The average Bonchev–Trinajstić information content (AvgIpc) is 3.11. The Kier molecular flexibility index (Phi) is 5.03. The first-order chi connectivity index (χ1) is 14.6. The Hall–Kier alpha value is -2.37. The molecule has 3 aliphatic rings. The highest BCUT2D eigenvalue weighted by Crippen LogP contribution is 2.43. The fraction of sp³-hybridized carbons (Fsp3) is 0.480. The van der Waals surface area contributed by atoms with Crippen LogP contribution in [0.15, 0.2) is 60.7 Å². The molecule has 158 valence electrons. The van der Waals surface area contributed by atoms with Crippen molar-refractivity contribution in [3.63, 3.8) is 0 Å². The van der Waals surface area contributed by atoms with Crippen molar-refractivity contribution in [3.05, 3.63) is 66.2 Å². The number of carbonyl (C=O) groups is 1. The monoisotopic (exact) mass is 405 g/mol. The first kappa shape index (κ1) is 19.6. The van der Waals surface area contributed by atoms with E-state index < -0.39 is 11.1 Å². The van der Waals surface area contributed by atoms with Crippen LogP contribution in [0.1, 0.15) is 44.1 Å². The predicted octanol–water partition coefficient (Wildman–Crippen LogP) is 3.25. The second kappa shape index (κ2) is 7.71. The van der Waals surface area contributed by atoms with E-state index >= 15 is 0 Å². The quantitative estimate of drug-likeness (QED) is 0.823. The van der Waals surface area contributed by atoms with Crippen LogP contribution in [-0.4, -0.2) is 47.3 Å². The maximum atomic E-state index is 12.9. The summed E-state index contributed by atoms with van der Waals surface area (Å²) in [7, 11) is 0. The van der Waals surface area contributed by atoms with Crippen LogP contribution < -0.4 is 10.2 Å². The van der Waals surface area contributed by atoms with Crippen LogP contribution in [0.25, 0.3) is 0 Å². The number of amides is 1. The molecule has 2 aliphatic heterocycles. The van der Waals surface area contributed by atoms with Crippen LogP contribution in [-0.2, 0) is 10.4 Å². The van der Waals surface area contributed by atoms with Gasteiger partial charge in [0.2, 0.25) is 5.91 Å². The van der Waals surface area contributed by atoms with Gasteiger partial charge in [0, 0.05) is 24.8 Å². The fourth-order valence-corrected chi connectivity index (χ4v) is 5.92. The molecule has 5 rings (SSSR count). The van der Waals surface area contributed by atoms with Crippen molar-refractivity contribution in [2.24, 2.45) is 0 Å². The van der Waals surface area contributed by atoms with Gasteiger partial charge in [0.15, 0.2) is 0 Å². The van der Waals surface area contributed by atoms with Crippen LogP contribution in [0.2, 0.25) is 0 Å². The number of piperidine rings is 1. The van der Waals surface area contributed by atoms with Crippen LogP contribution in [0.5, 0.6) is 0 Å². The summed E-state index contributed by atoms with van der Waals surface area (Å²) in [5.41, 5.74) is 0.848. The Morgan fingerprint density at radius 1 is 0.900 bits per heavy atom. The van der Waals surface area contributed by atoms with Crippen LogP contribution in [0.4, 0.5) is 5.69 Å². The molecule has 3 fully saturated rings. The number of nitrogens with zero attached hydrogens (tertiary/aromatic N) is 2. The second-order valence-electron chi connectivity index (χ2n) is 9.05. The Morgan fingerprint density at radius 2 is 1.57 bits per heavy atom. The van der Waals surface area contributed by atoms with Gasteiger partial charge < -0.3 is 15.3 Å². The molecule has 2 saturated heterocycles. The topological polar surface area (TPSA) is 55.8 Å². The number of hydrogen-bond donors (Lipinski definition) is 2. The van der Waals surface area contributed by atoms with E-state index in [9.17, 15) is 9.90 Å². The number of likely N-dealkylation sites (tertiary alicyclic amines) is 1. The van der Waals surface area contributed by atoms with Gasteiger partial charge in [-0.05, 0) is 43.4 Å². The van der Waals surface area contributed by atoms with Crippen molar-refractivity contribution in [1.82, 2.24) is 10.2 Å². The summed E-state index contributed by atoms with van der Waals surface area (Å²) in [6.07, 6.45) is 5.60. The van der Waals surface area contributed by atoms with Crippen molar-refractivity contribution in [2.45, 2.75) is 55.7 Å². The molecule has 1 saturated carbocycles. The second-order valence-corrected chi connectivity index (χ2v) is 9.05. The van der Waals surface area contributed by atoms with Crippen LogP contribution in [0.3, 0.4) is 0 Å². The Bertz CT molecular complexity index is 880. The van der Waals surface area contributed by atoms with E-state index in [0.717, 1.165) is 62.9 Å². The lowest BCUT2D eigenvalue weighted by molar-refractivity contribution is -0.127. The van der Waals surface area contributed by atoms with Crippen LogP contribution in [0, 0.1) is 0 Å². The molecule has 2 heterocycles.